The lowest BCUT2D eigenvalue weighted by atomic mass is 10.2. The number of sulfonamides is 1. The Morgan fingerprint density at radius 1 is 1.35 bits per heavy atom. The minimum atomic E-state index is -3.83. The second-order valence-electron chi connectivity index (χ2n) is 4.60. The maximum Gasteiger partial charge on any atom is 0.337 e. The standard InChI is InChI=1S/C14H13BrClNO5S/c1-17(8-10-4-6-13(15)22-10)23(19,20)12-5-3-9(7-11(12)16)14(18)21-2/h3-7H,8H2,1-2H3. The van der Waals surface area contributed by atoms with Crippen LogP contribution in [0, 0.1) is 0 Å². The van der Waals surface area contributed by atoms with Gasteiger partial charge >= 0.3 is 5.97 Å². The fraction of sp³-hybridized carbons (Fsp3) is 0.214. The predicted molar refractivity (Wildman–Crippen MR) is 87.9 cm³/mol. The van der Waals surface area contributed by atoms with Gasteiger partial charge in [0.05, 0.1) is 24.2 Å². The summed E-state index contributed by atoms with van der Waals surface area (Å²) >= 11 is 9.18. The highest BCUT2D eigenvalue weighted by Crippen LogP contribution is 2.27. The van der Waals surface area contributed by atoms with Gasteiger partial charge in [-0.3, -0.25) is 0 Å². The van der Waals surface area contributed by atoms with Gasteiger partial charge in [0, 0.05) is 7.05 Å². The molecule has 0 saturated heterocycles. The molecule has 1 heterocycles. The SMILES string of the molecule is COC(=O)c1ccc(S(=O)(=O)N(C)Cc2ccc(Br)o2)c(Cl)c1. The molecule has 0 aliphatic heterocycles. The van der Waals surface area contributed by atoms with E-state index < -0.39 is 16.0 Å². The Bertz CT molecular complexity index is 833. The summed E-state index contributed by atoms with van der Waals surface area (Å²) in [4.78, 5) is 11.3. The number of furan rings is 1. The van der Waals surface area contributed by atoms with E-state index in [1.165, 1.54) is 32.4 Å². The van der Waals surface area contributed by atoms with Crippen LogP contribution in [0.15, 0.2) is 44.3 Å². The molecule has 0 unspecified atom stereocenters. The van der Waals surface area contributed by atoms with Crippen molar-refractivity contribution < 1.29 is 22.4 Å². The first-order valence-electron chi connectivity index (χ1n) is 6.34. The van der Waals surface area contributed by atoms with E-state index in [9.17, 15) is 13.2 Å². The van der Waals surface area contributed by atoms with Gasteiger partial charge in [0.25, 0.3) is 0 Å². The molecule has 1 aromatic carbocycles. The number of carbonyl (C=O) groups is 1. The third-order valence-electron chi connectivity index (χ3n) is 3.05. The fourth-order valence-electron chi connectivity index (χ4n) is 1.86. The van der Waals surface area contributed by atoms with Crippen molar-refractivity contribution in [3.8, 4) is 0 Å². The Labute approximate surface area is 147 Å². The lowest BCUT2D eigenvalue weighted by molar-refractivity contribution is 0.0600. The summed E-state index contributed by atoms with van der Waals surface area (Å²) in [7, 11) is -1.19. The topological polar surface area (TPSA) is 76.8 Å². The van der Waals surface area contributed by atoms with Gasteiger partial charge in [0.2, 0.25) is 10.0 Å². The molecule has 0 fully saturated rings. The van der Waals surface area contributed by atoms with Crippen LogP contribution in [0.2, 0.25) is 5.02 Å². The Morgan fingerprint density at radius 2 is 2.04 bits per heavy atom. The highest BCUT2D eigenvalue weighted by Gasteiger charge is 2.25. The van der Waals surface area contributed by atoms with E-state index in [0.717, 1.165) is 4.31 Å². The number of nitrogens with zero attached hydrogens (tertiary/aromatic N) is 1. The molecular formula is C14H13BrClNO5S. The number of methoxy groups -OCH3 is 1. The molecule has 23 heavy (non-hydrogen) atoms. The first kappa shape index (κ1) is 18.0. The minimum absolute atomic E-state index is 0.0447. The summed E-state index contributed by atoms with van der Waals surface area (Å²) in [5.74, 6) is -0.116. The number of rotatable bonds is 5. The van der Waals surface area contributed by atoms with E-state index in [1.807, 2.05) is 0 Å². The van der Waals surface area contributed by atoms with Crippen LogP contribution < -0.4 is 0 Å². The van der Waals surface area contributed by atoms with Crippen LogP contribution in [0.3, 0.4) is 0 Å². The summed E-state index contributed by atoms with van der Waals surface area (Å²) < 4.78 is 36.7. The van der Waals surface area contributed by atoms with Crippen LogP contribution in [-0.4, -0.2) is 32.8 Å². The monoisotopic (exact) mass is 421 g/mol. The predicted octanol–water partition coefficient (Wildman–Crippen LogP) is 3.30. The van der Waals surface area contributed by atoms with Crippen LogP contribution >= 0.6 is 27.5 Å². The summed E-state index contributed by atoms with van der Waals surface area (Å²) in [5.41, 5.74) is 0.175. The van der Waals surface area contributed by atoms with Crippen molar-refractivity contribution in [1.29, 1.82) is 0 Å². The molecule has 0 radical (unpaired) electrons. The summed E-state index contributed by atoms with van der Waals surface area (Å²) in [6.45, 7) is 0.0447. The maximum atomic E-state index is 12.6. The van der Waals surface area contributed by atoms with Gasteiger partial charge in [-0.15, -0.1) is 0 Å². The molecule has 2 rings (SSSR count). The van der Waals surface area contributed by atoms with Gasteiger partial charge < -0.3 is 9.15 Å². The van der Waals surface area contributed by atoms with Gasteiger partial charge in [-0.25, -0.2) is 13.2 Å². The first-order chi connectivity index (χ1) is 10.8. The van der Waals surface area contributed by atoms with Crippen LogP contribution in [-0.2, 0) is 21.3 Å². The van der Waals surface area contributed by atoms with Gasteiger partial charge in [-0.05, 0) is 46.3 Å². The third kappa shape index (κ3) is 3.95. The number of carbonyl (C=O) groups excluding carboxylic acids is 1. The highest BCUT2D eigenvalue weighted by molar-refractivity contribution is 9.10. The number of benzene rings is 1. The minimum Gasteiger partial charge on any atom is -0.465 e. The lowest BCUT2D eigenvalue weighted by Gasteiger charge is -2.17. The van der Waals surface area contributed by atoms with Gasteiger partial charge in [0.15, 0.2) is 4.67 Å². The molecule has 0 saturated carbocycles. The largest absolute Gasteiger partial charge is 0.465 e. The van der Waals surface area contributed by atoms with E-state index in [4.69, 9.17) is 16.0 Å². The molecule has 1 aromatic heterocycles. The molecule has 0 N–H and O–H groups in total. The molecule has 0 atom stereocenters. The van der Waals surface area contributed by atoms with Crippen LogP contribution in [0.4, 0.5) is 0 Å². The number of hydrogen-bond acceptors (Lipinski definition) is 5. The van der Waals surface area contributed by atoms with Crippen molar-refractivity contribution in [2.24, 2.45) is 0 Å². The third-order valence-corrected chi connectivity index (χ3v) is 5.76. The Balaban J connectivity index is 2.30. The molecule has 0 aliphatic carbocycles. The molecule has 9 heteroatoms. The fourth-order valence-corrected chi connectivity index (χ4v) is 3.86. The van der Waals surface area contributed by atoms with E-state index in [-0.39, 0.29) is 22.0 Å². The van der Waals surface area contributed by atoms with Gasteiger partial charge in [0.1, 0.15) is 10.7 Å². The highest BCUT2D eigenvalue weighted by atomic mass is 79.9. The summed E-state index contributed by atoms with van der Waals surface area (Å²) in [6, 6.07) is 7.23. The Hall–Kier alpha value is -1.35. The number of halogens is 2. The quantitative estimate of drug-likeness (QED) is 0.691. The molecule has 124 valence electrons. The lowest BCUT2D eigenvalue weighted by Crippen LogP contribution is -2.26. The molecule has 2 aromatic rings. The zero-order chi connectivity index (χ0) is 17.2. The molecule has 0 spiro atoms. The zero-order valence-corrected chi connectivity index (χ0v) is 15.4. The molecule has 0 amide bonds. The second-order valence-corrected chi connectivity index (χ2v) is 7.81. The normalized spacial score (nSPS) is 11.7. The Kier molecular flexibility index (Phi) is 5.51. The Morgan fingerprint density at radius 3 is 2.57 bits per heavy atom. The van der Waals surface area contributed by atoms with Gasteiger partial charge in [-0.1, -0.05) is 11.6 Å². The van der Waals surface area contributed by atoms with Crippen molar-refractivity contribution in [2.75, 3.05) is 14.2 Å². The average Bonchev–Trinajstić information content (AvgIpc) is 2.91. The summed E-state index contributed by atoms with van der Waals surface area (Å²) in [5, 5.41) is -0.0552. The van der Waals surface area contributed by atoms with Crippen molar-refractivity contribution in [3.05, 3.63) is 51.3 Å². The van der Waals surface area contributed by atoms with E-state index in [2.05, 4.69) is 20.7 Å². The summed E-state index contributed by atoms with van der Waals surface area (Å²) in [6.07, 6.45) is 0. The van der Waals surface area contributed by atoms with Crippen molar-refractivity contribution in [2.45, 2.75) is 11.4 Å². The van der Waals surface area contributed by atoms with Crippen LogP contribution in [0.5, 0.6) is 0 Å². The molecule has 0 aliphatic rings. The first-order valence-corrected chi connectivity index (χ1v) is 8.95. The van der Waals surface area contributed by atoms with Gasteiger partial charge in [-0.2, -0.15) is 4.31 Å². The van der Waals surface area contributed by atoms with Crippen molar-refractivity contribution in [1.82, 2.24) is 4.31 Å². The van der Waals surface area contributed by atoms with E-state index >= 15 is 0 Å². The van der Waals surface area contributed by atoms with Crippen molar-refractivity contribution in [3.63, 3.8) is 0 Å². The number of esters is 1. The number of hydrogen-bond donors (Lipinski definition) is 0. The van der Waals surface area contributed by atoms with Crippen LogP contribution in [0.1, 0.15) is 16.1 Å². The molecular weight excluding hydrogens is 410 g/mol. The molecule has 6 nitrogen and oxygen atoms in total. The van der Waals surface area contributed by atoms with E-state index in [0.29, 0.717) is 10.4 Å². The number of ether oxygens (including phenoxy) is 1. The smallest absolute Gasteiger partial charge is 0.337 e. The average molecular weight is 423 g/mol. The second kappa shape index (κ2) is 7.04. The van der Waals surface area contributed by atoms with Crippen LogP contribution in [0.25, 0.3) is 0 Å². The van der Waals surface area contributed by atoms with E-state index in [1.54, 1.807) is 12.1 Å². The zero-order valence-electron chi connectivity index (χ0n) is 12.2. The molecule has 0 bridgehead atoms. The maximum absolute atomic E-state index is 12.6. The van der Waals surface area contributed by atoms with Crippen molar-refractivity contribution >= 4 is 43.5 Å².